The molecule has 1 saturated heterocycles. The van der Waals surface area contributed by atoms with E-state index in [1.165, 1.54) is 0 Å². The lowest BCUT2D eigenvalue weighted by Gasteiger charge is -2.25. The molecule has 2 rings (SSSR count). The Morgan fingerprint density at radius 3 is 2.79 bits per heavy atom. The highest BCUT2D eigenvalue weighted by atomic mass is 15.3. The molecule has 0 saturated carbocycles. The Hall–Kier alpha value is -0.940. The number of piperazine rings is 1. The molecule has 0 bridgehead atoms. The second-order valence-corrected chi connectivity index (χ2v) is 3.58. The molecule has 5 nitrogen and oxygen atoms in total. The van der Waals surface area contributed by atoms with Crippen LogP contribution in [-0.4, -0.2) is 46.3 Å². The van der Waals surface area contributed by atoms with Gasteiger partial charge in [0.05, 0.1) is 6.54 Å². The minimum atomic E-state index is 0.898. The van der Waals surface area contributed by atoms with Crippen molar-refractivity contribution in [2.45, 2.75) is 19.9 Å². The molecule has 0 aliphatic carbocycles. The molecule has 0 unspecified atom stereocenters. The zero-order chi connectivity index (χ0) is 9.80. The zero-order valence-corrected chi connectivity index (χ0v) is 8.58. The molecule has 78 valence electrons. The van der Waals surface area contributed by atoms with Crippen molar-refractivity contribution in [3.8, 4) is 0 Å². The van der Waals surface area contributed by atoms with Crippen LogP contribution in [0.3, 0.4) is 0 Å². The summed E-state index contributed by atoms with van der Waals surface area (Å²) < 4.78 is 0. The summed E-state index contributed by atoms with van der Waals surface area (Å²) in [5, 5.41) is 10.4. The number of nitrogens with one attached hydrogen (secondary N) is 2. The summed E-state index contributed by atoms with van der Waals surface area (Å²) in [6.45, 7) is 7.32. The maximum atomic E-state index is 4.39. The molecule has 0 amide bonds. The van der Waals surface area contributed by atoms with Crippen LogP contribution in [0.25, 0.3) is 0 Å². The quantitative estimate of drug-likeness (QED) is 0.699. The lowest BCUT2D eigenvalue weighted by molar-refractivity contribution is 0.228. The van der Waals surface area contributed by atoms with Gasteiger partial charge in [-0.1, -0.05) is 6.92 Å². The third-order valence-corrected chi connectivity index (χ3v) is 2.48. The van der Waals surface area contributed by atoms with Crippen molar-refractivity contribution in [3.05, 3.63) is 11.6 Å². The van der Waals surface area contributed by atoms with E-state index in [0.717, 1.165) is 50.8 Å². The van der Waals surface area contributed by atoms with Crippen LogP contribution in [0.1, 0.15) is 18.6 Å². The number of aromatic amines is 1. The summed E-state index contributed by atoms with van der Waals surface area (Å²) in [6.07, 6.45) is 0.901. The molecule has 0 aromatic carbocycles. The molecule has 1 aromatic heterocycles. The van der Waals surface area contributed by atoms with Gasteiger partial charge in [-0.3, -0.25) is 10.00 Å². The summed E-state index contributed by atoms with van der Waals surface area (Å²) in [6, 6.07) is 0. The Kier molecular flexibility index (Phi) is 3.10. The summed E-state index contributed by atoms with van der Waals surface area (Å²) >= 11 is 0. The van der Waals surface area contributed by atoms with Crippen LogP contribution in [0.4, 0.5) is 0 Å². The van der Waals surface area contributed by atoms with Crippen LogP contribution in [-0.2, 0) is 13.0 Å². The number of hydrogen-bond acceptors (Lipinski definition) is 4. The highest BCUT2D eigenvalue weighted by Gasteiger charge is 2.11. The van der Waals surface area contributed by atoms with Crippen LogP contribution < -0.4 is 5.32 Å². The number of H-pyrrole nitrogens is 1. The summed E-state index contributed by atoms with van der Waals surface area (Å²) in [4.78, 5) is 6.78. The monoisotopic (exact) mass is 195 g/mol. The van der Waals surface area contributed by atoms with E-state index in [-0.39, 0.29) is 0 Å². The van der Waals surface area contributed by atoms with Gasteiger partial charge in [-0.2, -0.15) is 5.10 Å². The number of rotatable bonds is 3. The molecule has 2 heterocycles. The molecule has 1 aromatic rings. The van der Waals surface area contributed by atoms with Crippen molar-refractivity contribution in [2.24, 2.45) is 0 Å². The first-order chi connectivity index (χ1) is 6.88. The van der Waals surface area contributed by atoms with Crippen molar-refractivity contribution in [1.82, 2.24) is 25.4 Å². The fourth-order valence-electron chi connectivity index (χ4n) is 1.64. The van der Waals surface area contributed by atoms with Gasteiger partial charge in [-0.05, 0) is 0 Å². The Bertz CT molecular complexity index is 276. The van der Waals surface area contributed by atoms with Gasteiger partial charge < -0.3 is 5.32 Å². The van der Waals surface area contributed by atoms with Gasteiger partial charge in [0.1, 0.15) is 11.6 Å². The van der Waals surface area contributed by atoms with E-state index in [0.29, 0.717) is 0 Å². The largest absolute Gasteiger partial charge is 0.314 e. The molecule has 1 aliphatic heterocycles. The highest BCUT2D eigenvalue weighted by Crippen LogP contribution is 2.00. The van der Waals surface area contributed by atoms with E-state index < -0.39 is 0 Å². The van der Waals surface area contributed by atoms with Gasteiger partial charge in [0.25, 0.3) is 0 Å². The van der Waals surface area contributed by atoms with E-state index in [4.69, 9.17) is 0 Å². The molecule has 2 N–H and O–H groups in total. The van der Waals surface area contributed by atoms with Crippen molar-refractivity contribution in [1.29, 1.82) is 0 Å². The zero-order valence-electron chi connectivity index (χ0n) is 8.58. The van der Waals surface area contributed by atoms with Crippen molar-refractivity contribution in [3.63, 3.8) is 0 Å². The number of hydrogen-bond donors (Lipinski definition) is 2. The van der Waals surface area contributed by atoms with E-state index in [1.807, 2.05) is 0 Å². The lowest BCUT2D eigenvalue weighted by Crippen LogP contribution is -2.43. The smallest absolute Gasteiger partial charge is 0.150 e. The SMILES string of the molecule is CCc1n[nH]c(CN2CCNCC2)n1. The number of nitrogens with zero attached hydrogens (tertiary/aromatic N) is 3. The Morgan fingerprint density at radius 1 is 1.36 bits per heavy atom. The topological polar surface area (TPSA) is 56.8 Å². The summed E-state index contributed by atoms with van der Waals surface area (Å²) in [5.41, 5.74) is 0. The Balaban J connectivity index is 1.89. The van der Waals surface area contributed by atoms with E-state index >= 15 is 0 Å². The summed E-state index contributed by atoms with van der Waals surface area (Å²) in [7, 11) is 0. The molecule has 0 atom stereocenters. The average Bonchev–Trinajstić information content (AvgIpc) is 2.67. The minimum Gasteiger partial charge on any atom is -0.314 e. The first-order valence-corrected chi connectivity index (χ1v) is 5.21. The van der Waals surface area contributed by atoms with Crippen LogP contribution in [0.5, 0.6) is 0 Å². The van der Waals surface area contributed by atoms with E-state index in [9.17, 15) is 0 Å². The molecule has 1 aliphatic rings. The molecule has 0 spiro atoms. The lowest BCUT2D eigenvalue weighted by atomic mass is 10.3. The maximum absolute atomic E-state index is 4.39. The van der Waals surface area contributed by atoms with Crippen molar-refractivity contribution >= 4 is 0 Å². The number of aromatic nitrogens is 3. The molecular weight excluding hydrogens is 178 g/mol. The van der Waals surface area contributed by atoms with Crippen LogP contribution in [0.15, 0.2) is 0 Å². The minimum absolute atomic E-state index is 0.898. The molecule has 5 heteroatoms. The molecule has 14 heavy (non-hydrogen) atoms. The summed E-state index contributed by atoms with van der Waals surface area (Å²) in [5.74, 6) is 1.90. The van der Waals surface area contributed by atoms with Crippen LogP contribution >= 0.6 is 0 Å². The highest BCUT2D eigenvalue weighted by molar-refractivity contribution is 4.90. The number of aryl methyl sites for hydroxylation is 1. The van der Waals surface area contributed by atoms with Gasteiger partial charge in [0.15, 0.2) is 0 Å². The predicted octanol–water partition coefficient (Wildman–Crippen LogP) is -0.228. The fourth-order valence-corrected chi connectivity index (χ4v) is 1.64. The van der Waals surface area contributed by atoms with Crippen LogP contribution in [0.2, 0.25) is 0 Å². The normalized spacial score (nSPS) is 18.6. The fraction of sp³-hybridized carbons (Fsp3) is 0.778. The third kappa shape index (κ3) is 2.30. The van der Waals surface area contributed by atoms with Gasteiger partial charge in [-0.15, -0.1) is 0 Å². The molecule has 1 fully saturated rings. The second kappa shape index (κ2) is 4.52. The maximum Gasteiger partial charge on any atom is 0.150 e. The standard InChI is InChI=1S/C9H17N5/c1-2-8-11-9(13-12-8)7-14-5-3-10-4-6-14/h10H,2-7H2,1H3,(H,11,12,13). The Morgan fingerprint density at radius 2 is 2.14 bits per heavy atom. The van der Waals surface area contributed by atoms with Crippen molar-refractivity contribution < 1.29 is 0 Å². The van der Waals surface area contributed by atoms with E-state index in [2.05, 4.69) is 32.3 Å². The second-order valence-electron chi connectivity index (χ2n) is 3.58. The van der Waals surface area contributed by atoms with Gasteiger partial charge in [0.2, 0.25) is 0 Å². The Labute approximate surface area is 83.9 Å². The average molecular weight is 195 g/mol. The van der Waals surface area contributed by atoms with E-state index in [1.54, 1.807) is 0 Å². The van der Waals surface area contributed by atoms with Gasteiger partial charge in [-0.25, -0.2) is 4.98 Å². The van der Waals surface area contributed by atoms with Gasteiger partial charge >= 0.3 is 0 Å². The molecular formula is C9H17N5. The molecule has 0 radical (unpaired) electrons. The first kappa shape index (κ1) is 9.61. The third-order valence-electron chi connectivity index (χ3n) is 2.48. The first-order valence-electron chi connectivity index (χ1n) is 5.21. The van der Waals surface area contributed by atoms with Crippen LogP contribution in [0, 0.1) is 0 Å². The van der Waals surface area contributed by atoms with Gasteiger partial charge in [0, 0.05) is 32.6 Å². The predicted molar refractivity (Wildman–Crippen MR) is 53.9 cm³/mol. The van der Waals surface area contributed by atoms with Crippen molar-refractivity contribution in [2.75, 3.05) is 26.2 Å².